The minimum absolute atomic E-state index is 0.436. The molecule has 6 heteroatoms. The Labute approximate surface area is 131 Å². The number of aromatic nitrogens is 2. The molecule has 1 aromatic rings. The molecule has 0 aromatic carbocycles. The molecule has 2 aliphatic heterocycles. The van der Waals surface area contributed by atoms with Crippen molar-refractivity contribution in [1.29, 1.82) is 0 Å². The maximum Gasteiger partial charge on any atom is 0.224 e. The highest BCUT2D eigenvalue weighted by Crippen LogP contribution is 2.31. The van der Waals surface area contributed by atoms with Gasteiger partial charge in [0.2, 0.25) is 5.95 Å². The van der Waals surface area contributed by atoms with Crippen LogP contribution in [-0.2, 0) is 0 Å². The SMILES string of the molecule is CCCNc1ncc(Cl)c(N2CC3CCCN3CC2C)n1. The normalized spacial score (nSPS) is 26.0. The van der Waals surface area contributed by atoms with Crippen LogP contribution in [0.3, 0.4) is 0 Å². The first-order chi connectivity index (χ1) is 10.2. The van der Waals surface area contributed by atoms with Crippen molar-refractivity contribution in [2.24, 2.45) is 0 Å². The first-order valence-corrected chi connectivity index (χ1v) is 8.34. The summed E-state index contributed by atoms with van der Waals surface area (Å²) in [6.07, 6.45) is 5.37. The van der Waals surface area contributed by atoms with Crippen molar-refractivity contribution in [2.75, 3.05) is 36.4 Å². The van der Waals surface area contributed by atoms with Gasteiger partial charge in [-0.25, -0.2) is 4.98 Å². The van der Waals surface area contributed by atoms with Crippen LogP contribution in [0.25, 0.3) is 0 Å². The van der Waals surface area contributed by atoms with Crippen LogP contribution in [0, 0.1) is 0 Å². The summed E-state index contributed by atoms with van der Waals surface area (Å²) >= 11 is 6.36. The molecule has 3 rings (SSSR count). The third-order valence-electron chi connectivity index (χ3n) is 4.47. The van der Waals surface area contributed by atoms with E-state index in [1.54, 1.807) is 6.20 Å². The molecule has 0 bridgehead atoms. The van der Waals surface area contributed by atoms with E-state index < -0.39 is 0 Å². The maximum absolute atomic E-state index is 6.36. The first kappa shape index (κ1) is 14.9. The van der Waals surface area contributed by atoms with E-state index in [0.717, 1.165) is 31.9 Å². The van der Waals surface area contributed by atoms with Crippen LogP contribution < -0.4 is 10.2 Å². The van der Waals surface area contributed by atoms with Crippen molar-refractivity contribution in [3.05, 3.63) is 11.2 Å². The third kappa shape index (κ3) is 3.09. The van der Waals surface area contributed by atoms with Gasteiger partial charge in [0.05, 0.1) is 6.20 Å². The summed E-state index contributed by atoms with van der Waals surface area (Å²) in [7, 11) is 0. The van der Waals surface area contributed by atoms with Gasteiger partial charge in [-0.1, -0.05) is 18.5 Å². The van der Waals surface area contributed by atoms with Gasteiger partial charge in [-0.05, 0) is 32.7 Å². The van der Waals surface area contributed by atoms with Crippen molar-refractivity contribution in [2.45, 2.75) is 45.2 Å². The summed E-state index contributed by atoms with van der Waals surface area (Å²) in [6, 6.07) is 1.09. The Morgan fingerprint density at radius 2 is 2.29 bits per heavy atom. The summed E-state index contributed by atoms with van der Waals surface area (Å²) in [5, 5.41) is 3.89. The van der Waals surface area contributed by atoms with Crippen LogP contribution in [0.5, 0.6) is 0 Å². The second kappa shape index (κ2) is 6.36. The Morgan fingerprint density at radius 3 is 3.10 bits per heavy atom. The fourth-order valence-electron chi connectivity index (χ4n) is 3.36. The molecule has 116 valence electrons. The number of nitrogens with one attached hydrogen (secondary N) is 1. The number of anilines is 2. The Bertz CT molecular complexity index is 495. The second-order valence-electron chi connectivity index (χ2n) is 6.08. The second-order valence-corrected chi connectivity index (χ2v) is 6.49. The largest absolute Gasteiger partial charge is 0.354 e. The lowest BCUT2D eigenvalue weighted by Gasteiger charge is -2.43. The smallest absolute Gasteiger partial charge is 0.224 e. The van der Waals surface area contributed by atoms with Crippen LogP contribution in [0.2, 0.25) is 5.02 Å². The monoisotopic (exact) mass is 309 g/mol. The number of hydrogen-bond acceptors (Lipinski definition) is 5. The number of nitrogens with zero attached hydrogens (tertiary/aromatic N) is 4. The van der Waals surface area contributed by atoms with Gasteiger partial charge in [-0.2, -0.15) is 4.98 Å². The molecule has 0 radical (unpaired) electrons. The summed E-state index contributed by atoms with van der Waals surface area (Å²) < 4.78 is 0. The van der Waals surface area contributed by atoms with E-state index in [1.807, 2.05) is 0 Å². The zero-order valence-electron chi connectivity index (χ0n) is 12.8. The summed E-state index contributed by atoms with van der Waals surface area (Å²) in [4.78, 5) is 13.9. The topological polar surface area (TPSA) is 44.3 Å². The Kier molecular flexibility index (Phi) is 4.50. The van der Waals surface area contributed by atoms with Crippen LogP contribution in [0.1, 0.15) is 33.1 Å². The minimum atomic E-state index is 0.436. The number of piperazine rings is 1. The zero-order chi connectivity index (χ0) is 14.8. The molecule has 5 nitrogen and oxygen atoms in total. The lowest BCUT2D eigenvalue weighted by Crippen LogP contribution is -2.55. The molecule has 0 spiro atoms. The average molecular weight is 310 g/mol. The predicted molar refractivity (Wildman–Crippen MR) is 87.2 cm³/mol. The van der Waals surface area contributed by atoms with Crippen LogP contribution in [0.4, 0.5) is 11.8 Å². The number of hydrogen-bond donors (Lipinski definition) is 1. The van der Waals surface area contributed by atoms with E-state index in [4.69, 9.17) is 11.6 Å². The van der Waals surface area contributed by atoms with E-state index in [1.165, 1.54) is 19.4 Å². The van der Waals surface area contributed by atoms with Crippen LogP contribution >= 0.6 is 11.6 Å². The highest BCUT2D eigenvalue weighted by atomic mass is 35.5. The molecule has 3 heterocycles. The van der Waals surface area contributed by atoms with Crippen molar-refractivity contribution in [3.8, 4) is 0 Å². The molecule has 0 amide bonds. The van der Waals surface area contributed by atoms with Gasteiger partial charge < -0.3 is 10.2 Å². The molecule has 2 fully saturated rings. The van der Waals surface area contributed by atoms with Crippen LogP contribution in [0.15, 0.2) is 6.20 Å². The molecular formula is C15H24ClN5. The Hall–Kier alpha value is -1.07. The van der Waals surface area contributed by atoms with Gasteiger partial charge in [-0.3, -0.25) is 4.90 Å². The van der Waals surface area contributed by atoms with E-state index in [0.29, 0.717) is 23.1 Å². The minimum Gasteiger partial charge on any atom is -0.354 e. The Morgan fingerprint density at radius 1 is 1.43 bits per heavy atom. The molecule has 0 saturated carbocycles. The van der Waals surface area contributed by atoms with Gasteiger partial charge >= 0.3 is 0 Å². The number of fused-ring (bicyclic) bond motifs is 1. The van der Waals surface area contributed by atoms with Gasteiger partial charge in [0.25, 0.3) is 0 Å². The average Bonchev–Trinajstić information content (AvgIpc) is 2.93. The van der Waals surface area contributed by atoms with Crippen molar-refractivity contribution < 1.29 is 0 Å². The molecule has 1 aromatic heterocycles. The molecule has 1 N–H and O–H groups in total. The summed E-state index contributed by atoms with van der Waals surface area (Å²) in [5.74, 6) is 1.56. The molecule has 2 atom stereocenters. The summed E-state index contributed by atoms with van der Waals surface area (Å²) in [6.45, 7) is 8.63. The fourth-order valence-corrected chi connectivity index (χ4v) is 3.56. The number of halogens is 1. The third-order valence-corrected chi connectivity index (χ3v) is 4.73. The molecule has 2 aliphatic rings. The predicted octanol–water partition coefficient (Wildman–Crippen LogP) is 2.62. The van der Waals surface area contributed by atoms with E-state index >= 15 is 0 Å². The highest BCUT2D eigenvalue weighted by molar-refractivity contribution is 6.32. The van der Waals surface area contributed by atoms with E-state index in [2.05, 4.69) is 38.9 Å². The van der Waals surface area contributed by atoms with E-state index in [9.17, 15) is 0 Å². The molecule has 21 heavy (non-hydrogen) atoms. The van der Waals surface area contributed by atoms with Gasteiger partial charge in [0, 0.05) is 31.7 Å². The van der Waals surface area contributed by atoms with Gasteiger partial charge in [0.15, 0.2) is 5.82 Å². The van der Waals surface area contributed by atoms with Crippen molar-refractivity contribution >= 4 is 23.4 Å². The zero-order valence-corrected chi connectivity index (χ0v) is 13.6. The molecule has 2 saturated heterocycles. The van der Waals surface area contributed by atoms with Gasteiger partial charge in [-0.15, -0.1) is 0 Å². The molecular weight excluding hydrogens is 286 g/mol. The lowest BCUT2D eigenvalue weighted by molar-refractivity contribution is 0.202. The maximum atomic E-state index is 6.36. The standard InChI is InChI=1S/C15H24ClN5/c1-3-6-17-15-18-8-13(16)14(19-15)21-10-12-5-4-7-20(12)9-11(21)2/h8,11-12H,3-7,9-10H2,1-2H3,(H,17,18,19). The van der Waals surface area contributed by atoms with Crippen molar-refractivity contribution in [3.63, 3.8) is 0 Å². The lowest BCUT2D eigenvalue weighted by atomic mass is 10.1. The number of rotatable bonds is 4. The highest BCUT2D eigenvalue weighted by Gasteiger charge is 2.35. The van der Waals surface area contributed by atoms with Crippen molar-refractivity contribution in [1.82, 2.24) is 14.9 Å². The molecule has 2 unspecified atom stereocenters. The first-order valence-electron chi connectivity index (χ1n) is 7.96. The molecule has 0 aliphatic carbocycles. The Balaban J connectivity index is 1.81. The van der Waals surface area contributed by atoms with Crippen LogP contribution in [-0.4, -0.2) is 53.1 Å². The fraction of sp³-hybridized carbons (Fsp3) is 0.733. The quantitative estimate of drug-likeness (QED) is 0.926. The van der Waals surface area contributed by atoms with Gasteiger partial charge in [0.1, 0.15) is 5.02 Å². The van der Waals surface area contributed by atoms with E-state index in [-0.39, 0.29) is 0 Å². The summed E-state index contributed by atoms with van der Waals surface area (Å²) in [5.41, 5.74) is 0.